The number of likely N-dealkylation sites (N-methyl/N-ethyl adjacent to an activating group) is 1. The van der Waals surface area contributed by atoms with Gasteiger partial charge in [0.25, 0.3) is 0 Å². The predicted molar refractivity (Wildman–Crippen MR) is 92.8 cm³/mol. The SMILES string of the molecule is CN(C)CC(=O)OCCOC(=O)C(O)(c1ccccc1)C1CCCC1. The van der Waals surface area contributed by atoms with Gasteiger partial charge in [-0.3, -0.25) is 9.69 Å². The van der Waals surface area contributed by atoms with Crippen molar-refractivity contribution in [1.29, 1.82) is 0 Å². The fourth-order valence-electron chi connectivity index (χ4n) is 3.26. The summed E-state index contributed by atoms with van der Waals surface area (Å²) < 4.78 is 10.3. The largest absolute Gasteiger partial charge is 0.461 e. The first-order valence-electron chi connectivity index (χ1n) is 8.70. The first-order chi connectivity index (χ1) is 11.9. The average molecular weight is 349 g/mol. The zero-order valence-corrected chi connectivity index (χ0v) is 14.9. The number of nitrogens with zero attached hydrogens (tertiary/aromatic N) is 1. The molecule has 0 aliphatic heterocycles. The van der Waals surface area contributed by atoms with Crippen molar-refractivity contribution in [3.63, 3.8) is 0 Å². The molecule has 1 atom stereocenters. The zero-order valence-electron chi connectivity index (χ0n) is 14.9. The molecule has 25 heavy (non-hydrogen) atoms. The van der Waals surface area contributed by atoms with Crippen LogP contribution in [-0.2, 0) is 24.7 Å². The van der Waals surface area contributed by atoms with Gasteiger partial charge in [0.2, 0.25) is 0 Å². The molecule has 0 heterocycles. The molecule has 1 aliphatic rings. The Labute approximate surface area is 148 Å². The Hall–Kier alpha value is -1.92. The van der Waals surface area contributed by atoms with Crippen LogP contribution in [0.25, 0.3) is 0 Å². The molecule has 1 fully saturated rings. The lowest BCUT2D eigenvalue weighted by Gasteiger charge is -2.32. The fourth-order valence-corrected chi connectivity index (χ4v) is 3.26. The normalized spacial score (nSPS) is 17.3. The molecule has 1 aromatic carbocycles. The van der Waals surface area contributed by atoms with Crippen molar-refractivity contribution in [3.8, 4) is 0 Å². The minimum Gasteiger partial charge on any atom is -0.461 e. The molecule has 6 nitrogen and oxygen atoms in total. The third-order valence-electron chi connectivity index (χ3n) is 4.50. The second-order valence-electron chi connectivity index (χ2n) is 6.71. The van der Waals surface area contributed by atoms with Gasteiger partial charge in [-0.15, -0.1) is 0 Å². The van der Waals surface area contributed by atoms with Crippen molar-refractivity contribution < 1.29 is 24.2 Å². The van der Waals surface area contributed by atoms with Gasteiger partial charge in [-0.25, -0.2) is 4.79 Å². The van der Waals surface area contributed by atoms with E-state index in [1.165, 1.54) is 0 Å². The van der Waals surface area contributed by atoms with Crippen LogP contribution in [0.1, 0.15) is 31.2 Å². The Morgan fingerprint density at radius 1 is 1.12 bits per heavy atom. The highest BCUT2D eigenvalue weighted by atomic mass is 16.6. The molecule has 1 N–H and O–H groups in total. The molecular weight excluding hydrogens is 322 g/mol. The average Bonchev–Trinajstić information content (AvgIpc) is 3.13. The van der Waals surface area contributed by atoms with Crippen LogP contribution in [0.2, 0.25) is 0 Å². The number of esters is 2. The Bertz CT molecular complexity index is 568. The second-order valence-corrected chi connectivity index (χ2v) is 6.71. The van der Waals surface area contributed by atoms with Crippen molar-refractivity contribution in [3.05, 3.63) is 35.9 Å². The van der Waals surface area contributed by atoms with E-state index in [2.05, 4.69) is 0 Å². The minimum atomic E-state index is -1.65. The zero-order chi connectivity index (χ0) is 18.3. The summed E-state index contributed by atoms with van der Waals surface area (Å²) in [6.07, 6.45) is 3.57. The lowest BCUT2D eigenvalue weighted by Crippen LogP contribution is -2.43. The molecule has 0 spiro atoms. The molecule has 0 radical (unpaired) electrons. The fraction of sp³-hybridized carbons (Fsp3) is 0.579. The highest BCUT2D eigenvalue weighted by Gasteiger charge is 2.47. The van der Waals surface area contributed by atoms with Crippen LogP contribution in [0.3, 0.4) is 0 Å². The number of benzene rings is 1. The van der Waals surface area contributed by atoms with E-state index in [-0.39, 0.29) is 31.6 Å². The molecule has 1 unspecified atom stereocenters. The summed E-state index contributed by atoms with van der Waals surface area (Å²) in [5, 5.41) is 11.2. The monoisotopic (exact) mass is 349 g/mol. The van der Waals surface area contributed by atoms with Crippen LogP contribution in [0.5, 0.6) is 0 Å². The third kappa shape index (κ3) is 5.03. The molecule has 0 bridgehead atoms. The van der Waals surface area contributed by atoms with Crippen molar-refractivity contribution in [2.24, 2.45) is 5.92 Å². The van der Waals surface area contributed by atoms with Crippen LogP contribution < -0.4 is 0 Å². The molecule has 6 heteroatoms. The number of ether oxygens (including phenoxy) is 2. The van der Waals surface area contributed by atoms with Gasteiger partial charge in [-0.1, -0.05) is 43.2 Å². The molecule has 1 aliphatic carbocycles. The highest BCUT2D eigenvalue weighted by Crippen LogP contribution is 2.41. The van der Waals surface area contributed by atoms with E-state index in [4.69, 9.17) is 9.47 Å². The van der Waals surface area contributed by atoms with E-state index in [9.17, 15) is 14.7 Å². The number of carbonyl (C=O) groups excluding carboxylic acids is 2. The van der Waals surface area contributed by atoms with Gasteiger partial charge < -0.3 is 14.6 Å². The molecule has 0 saturated heterocycles. The molecule has 1 saturated carbocycles. The Balaban J connectivity index is 1.96. The first-order valence-corrected chi connectivity index (χ1v) is 8.70. The summed E-state index contributed by atoms with van der Waals surface area (Å²) in [6.45, 7) is 0.0811. The second kappa shape index (κ2) is 8.97. The van der Waals surface area contributed by atoms with E-state index in [1.54, 1.807) is 43.3 Å². The summed E-state index contributed by atoms with van der Waals surface area (Å²) in [5.41, 5.74) is -1.10. The van der Waals surface area contributed by atoms with Crippen LogP contribution in [0.4, 0.5) is 0 Å². The predicted octanol–water partition coefficient (Wildman–Crippen LogP) is 1.71. The van der Waals surface area contributed by atoms with Crippen molar-refractivity contribution >= 4 is 11.9 Å². The lowest BCUT2D eigenvalue weighted by atomic mass is 9.80. The van der Waals surface area contributed by atoms with Gasteiger partial charge in [-0.05, 0) is 32.5 Å². The number of rotatable bonds is 8. The van der Waals surface area contributed by atoms with Crippen LogP contribution in [-0.4, -0.2) is 55.8 Å². The number of aliphatic hydroxyl groups is 1. The maximum atomic E-state index is 12.7. The van der Waals surface area contributed by atoms with E-state index < -0.39 is 11.6 Å². The molecule has 2 rings (SSSR count). The molecule has 0 aromatic heterocycles. The summed E-state index contributed by atoms with van der Waals surface area (Å²) in [5.74, 6) is -1.21. The van der Waals surface area contributed by atoms with Crippen LogP contribution >= 0.6 is 0 Å². The van der Waals surface area contributed by atoms with Crippen LogP contribution in [0.15, 0.2) is 30.3 Å². The third-order valence-corrected chi connectivity index (χ3v) is 4.50. The Morgan fingerprint density at radius 2 is 1.72 bits per heavy atom. The topological polar surface area (TPSA) is 76.1 Å². The first kappa shape index (κ1) is 19.4. The molecule has 1 aromatic rings. The summed E-state index contributed by atoms with van der Waals surface area (Å²) in [6, 6.07) is 8.93. The van der Waals surface area contributed by atoms with Gasteiger partial charge in [0.1, 0.15) is 13.2 Å². The van der Waals surface area contributed by atoms with Crippen molar-refractivity contribution in [1.82, 2.24) is 4.90 Å². The molecular formula is C19H27NO5. The lowest BCUT2D eigenvalue weighted by molar-refractivity contribution is -0.176. The standard InChI is InChI=1S/C19H27NO5/c1-20(2)14-17(21)24-12-13-25-18(22)19(23,16-10-6-7-11-16)15-8-4-3-5-9-15/h3-5,8-9,16,23H,6-7,10-14H2,1-2H3. The van der Waals surface area contributed by atoms with Gasteiger partial charge in [0.15, 0.2) is 5.60 Å². The summed E-state index contributed by atoms with van der Waals surface area (Å²) in [7, 11) is 3.53. The minimum absolute atomic E-state index is 0.0199. The molecule has 0 amide bonds. The van der Waals surface area contributed by atoms with E-state index in [1.807, 2.05) is 6.07 Å². The smallest absolute Gasteiger partial charge is 0.343 e. The van der Waals surface area contributed by atoms with Crippen LogP contribution in [0, 0.1) is 5.92 Å². The number of hydrogen-bond donors (Lipinski definition) is 1. The summed E-state index contributed by atoms with van der Waals surface area (Å²) in [4.78, 5) is 25.8. The maximum Gasteiger partial charge on any atom is 0.343 e. The molecule has 138 valence electrons. The summed E-state index contributed by atoms with van der Waals surface area (Å²) >= 11 is 0. The Morgan fingerprint density at radius 3 is 2.32 bits per heavy atom. The van der Waals surface area contributed by atoms with Gasteiger partial charge in [-0.2, -0.15) is 0 Å². The highest BCUT2D eigenvalue weighted by molar-refractivity contribution is 5.81. The van der Waals surface area contributed by atoms with E-state index >= 15 is 0 Å². The maximum absolute atomic E-state index is 12.7. The van der Waals surface area contributed by atoms with Gasteiger partial charge in [0.05, 0.1) is 6.54 Å². The number of hydrogen-bond acceptors (Lipinski definition) is 6. The Kier molecular flexibility index (Phi) is 6.96. The number of carbonyl (C=O) groups is 2. The van der Waals surface area contributed by atoms with Gasteiger partial charge in [0, 0.05) is 5.92 Å². The van der Waals surface area contributed by atoms with E-state index in [0.717, 1.165) is 25.7 Å². The van der Waals surface area contributed by atoms with Crippen molar-refractivity contribution in [2.45, 2.75) is 31.3 Å². The van der Waals surface area contributed by atoms with Gasteiger partial charge >= 0.3 is 11.9 Å². The van der Waals surface area contributed by atoms with Crippen molar-refractivity contribution in [2.75, 3.05) is 33.9 Å². The quantitative estimate of drug-likeness (QED) is 0.569. The van der Waals surface area contributed by atoms with E-state index in [0.29, 0.717) is 5.56 Å².